The Hall–Kier alpha value is -1.21. The molecule has 3 rings (SSSR count). The van der Waals surface area contributed by atoms with Crippen LogP contribution in [0, 0.1) is 6.92 Å². The number of para-hydroxylation sites is 1. The van der Waals surface area contributed by atoms with Crippen molar-refractivity contribution in [2.45, 2.75) is 44.0 Å². The third-order valence-corrected chi connectivity index (χ3v) is 6.54. The number of rotatable bonds is 5. The van der Waals surface area contributed by atoms with Crippen LogP contribution in [-0.2, 0) is 10.0 Å². The molecule has 1 aliphatic rings. The van der Waals surface area contributed by atoms with Gasteiger partial charge in [-0.1, -0.05) is 19.1 Å². The lowest BCUT2D eigenvalue weighted by Gasteiger charge is -2.33. The topological polar surface area (TPSA) is 62.3 Å². The molecule has 1 saturated heterocycles. The molecule has 0 bridgehead atoms. The second-order valence-corrected chi connectivity index (χ2v) is 8.30. The molecule has 0 aliphatic carbocycles. The van der Waals surface area contributed by atoms with E-state index < -0.39 is 10.0 Å². The number of nitrogens with zero attached hydrogens (tertiary/aromatic N) is 2. The highest BCUT2D eigenvalue weighted by Gasteiger charge is 2.33. The lowest BCUT2D eigenvalue weighted by Crippen LogP contribution is -2.46. The summed E-state index contributed by atoms with van der Waals surface area (Å²) in [5, 5.41) is 4.18. The SMILES string of the molecule is CCCN(C1CCNCC1)S(=O)(=O)c1cccc2cc(C)cnc12.Cl. The van der Waals surface area contributed by atoms with Crippen molar-refractivity contribution in [1.82, 2.24) is 14.6 Å². The Morgan fingerprint density at radius 2 is 2.00 bits per heavy atom. The fraction of sp³-hybridized carbons (Fsp3) is 0.500. The van der Waals surface area contributed by atoms with Crippen LogP contribution >= 0.6 is 12.4 Å². The highest BCUT2D eigenvalue weighted by molar-refractivity contribution is 7.89. The molecule has 0 saturated carbocycles. The summed E-state index contributed by atoms with van der Waals surface area (Å²) in [6.07, 6.45) is 4.25. The summed E-state index contributed by atoms with van der Waals surface area (Å²) in [6, 6.07) is 7.46. The number of fused-ring (bicyclic) bond motifs is 1. The molecule has 1 fully saturated rings. The van der Waals surface area contributed by atoms with E-state index in [1.807, 2.05) is 32.0 Å². The molecule has 25 heavy (non-hydrogen) atoms. The predicted octanol–water partition coefficient (Wildman–Crippen LogP) is 3.12. The molecule has 1 aliphatic heterocycles. The molecular formula is C18H26ClN3O2S. The summed E-state index contributed by atoms with van der Waals surface area (Å²) in [4.78, 5) is 4.74. The van der Waals surface area contributed by atoms with Gasteiger partial charge in [-0.05, 0) is 57.0 Å². The maximum absolute atomic E-state index is 13.4. The van der Waals surface area contributed by atoms with Crippen molar-refractivity contribution in [1.29, 1.82) is 0 Å². The van der Waals surface area contributed by atoms with E-state index in [2.05, 4.69) is 10.3 Å². The highest BCUT2D eigenvalue weighted by atomic mass is 35.5. The summed E-state index contributed by atoms with van der Waals surface area (Å²) in [7, 11) is -3.56. The van der Waals surface area contributed by atoms with E-state index >= 15 is 0 Å². The molecule has 0 amide bonds. The van der Waals surface area contributed by atoms with Crippen molar-refractivity contribution < 1.29 is 8.42 Å². The van der Waals surface area contributed by atoms with Crippen LogP contribution in [0.2, 0.25) is 0 Å². The second-order valence-electron chi connectivity index (χ2n) is 6.44. The minimum absolute atomic E-state index is 0. The van der Waals surface area contributed by atoms with Gasteiger partial charge in [0.05, 0.1) is 5.52 Å². The Kier molecular flexibility index (Phi) is 6.79. The minimum atomic E-state index is -3.56. The van der Waals surface area contributed by atoms with Crippen molar-refractivity contribution >= 4 is 33.3 Å². The molecule has 2 heterocycles. The van der Waals surface area contributed by atoms with Crippen molar-refractivity contribution in [2.24, 2.45) is 0 Å². The van der Waals surface area contributed by atoms with Crippen molar-refractivity contribution in [3.8, 4) is 0 Å². The van der Waals surface area contributed by atoms with Gasteiger partial charge in [0, 0.05) is 24.2 Å². The quantitative estimate of drug-likeness (QED) is 0.861. The molecule has 0 atom stereocenters. The Labute approximate surface area is 156 Å². The van der Waals surface area contributed by atoms with Gasteiger partial charge in [-0.2, -0.15) is 4.31 Å². The molecule has 0 unspecified atom stereocenters. The maximum Gasteiger partial charge on any atom is 0.245 e. The van der Waals surface area contributed by atoms with Crippen LogP contribution in [0.1, 0.15) is 31.7 Å². The highest BCUT2D eigenvalue weighted by Crippen LogP contribution is 2.28. The Morgan fingerprint density at radius 3 is 2.68 bits per heavy atom. The smallest absolute Gasteiger partial charge is 0.245 e. The van der Waals surface area contributed by atoms with Crippen LogP contribution in [0.15, 0.2) is 35.4 Å². The van der Waals surface area contributed by atoms with Crippen LogP contribution < -0.4 is 5.32 Å². The fourth-order valence-corrected chi connectivity index (χ4v) is 5.34. The number of benzene rings is 1. The van der Waals surface area contributed by atoms with Crippen LogP contribution in [0.5, 0.6) is 0 Å². The first kappa shape index (κ1) is 20.1. The first-order valence-corrected chi connectivity index (χ1v) is 10.1. The molecule has 0 radical (unpaired) electrons. The van der Waals surface area contributed by atoms with E-state index in [1.54, 1.807) is 16.6 Å². The largest absolute Gasteiger partial charge is 0.317 e. The van der Waals surface area contributed by atoms with E-state index in [9.17, 15) is 8.42 Å². The summed E-state index contributed by atoms with van der Waals surface area (Å²) in [5.74, 6) is 0. The number of hydrogen-bond donors (Lipinski definition) is 1. The number of piperidine rings is 1. The molecule has 7 heteroatoms. The zero-order valence-corrected chi connectivity index (χ0v) is 16.4. The number of aryl methyl sites for hydroxylation is 1. The van der Waals surface area contributed by atoms with Crippen molar-refractivity contribution in [3.05, 3.63) is 36.0 Å². The minimum Gasteiger partial charge on any atom is -0.317 e. The third kappa shape index (κ3) is 4.14. The average molecular weight is 384 g/mol. The Balaban J connectivity index is 0.00000225. The molecule has 1 N–H and O–H groups in total. The Morgan fingerprint density at radius 1 is 1.28 bits per heavy atom. The normalized spacial score (nSPS) is 16.1. The summed E-state index contributed by atoms with van der Waals surface area (Å²) < 4.78 is 28.5. The number of sulfonamides is 1. The summed E-state index contributed by atoms with van der Waals surface area (Å²) in [6.45, 7) is 6.27. The lowest BCUT2D eigenvalue weighted by molar-refractivity contribution is 0.262. The zero-order valence-electron chi connectivity index (χ0n) is 14.7. The Bertz CT molecular complexity index is 820. The summed E-state index contributed by atoms with van der Waals surface area (Å²) in [5.41, 5.74) is 1.60. The molecule has 1 aromatic heterocycles. The monoisotopic (exact) mass is 383 g/mol. The number of nitrogens with one attached hydrogen (secondary N) is 1. The van der Waals surface area contributed by atoms with Gasteiger partial charge in [-0.15, -0.1) is 12.4 Å². The van der Waals surface area contributed by atoms with Gasteiger partial charge < -0.3 is 5.32 Å². The molecule has 138 valence electrons. The first-order chi connectivity index (χ1) is 11.5. The third-order valence-electron chi connectivity index (χ3n) is 4.56. The number of hydrogen-bond acceptors (Lipinski definition) is 4. The molecule has 5 nitrogen and oxygen atoms in total. The van der Waals surface area contributed by atoms with E-state index in [1.165, 1.54) is 0 Å². The van der Waals surface area contributed by atoms with Crippen molar-refractivity contribution in [2.75, 3.05) is 19.6 Å². The van der Waals surface area contributed by atoms with Crippen molar-refractivity contribution in [3.63, 3.8) is 0 Å². The van der Waals surface area contributed by atoms with Gasteiger partial charge >= 0.3 is 0 Å². The van der Waals surface area contributed by atoms with Crippen LogP contribution in [0.4, 0.5) is 0 Å². The molecule has 2 aromatic rings. The van der Waals surface area contributed by atoms with Crippen LogP contribution in [-0.4, -0.2) is 43.4 Å². The van der Waals surface area contributed by atoms with Gasteiger partial charge in [-0.3, -0.25) is 4.98 Å². The predicted molar refractivity (Wildman–Crippen MR) is 104 cm³/mol. The number of halogens is 1. The standard InChI is InChI=1S/C18H25N3O2S.ClH/c1-3-11-21(16-7-9-19-10-8-16)24(22,23)17-6-4-5-15-12-14(2)13-20-18(15)17;/h4-6,12-13,16,19H,3,7-11H2,1-2H3;1H. The van der Waals surface area contributed by atoms with E-state index in [0.29, 0.717) is 17.0 Å². The molecule has 1 aromatic carbocycles. The lowest BCUT2D eigenvalue weighted by atomic mass is 10.1. The number of aromatic nitrogens is 1. The summed E-state index contributed by atoms with van der Waals surface area (Å²) >= 11 is 0. The molecule has 0 spiro atoms. The maximum atomic E-state index is 13.4. The van der Waals surface area contributed by atoms with Gasteiger partial charge in [0.1, 0.15) is 4.90 Å². The second kappa shape index (κ2) is 8.45. The van der Waals surface area contributed by atoms with Gasteiger partial charge in [0.25, 0.3) is 0 Å². The zero-order chi connectivity index (χ0) is 17.2. The van der Waals surface area contributed by atoms with Gasteiger partial charge in [0.15, 0.2) is 0 Å². The van der Waals surface area contributed by atoms with Gasteiger partial charge in [-0.25, -0.2) is 8.42 Å². The fourth-order valence-electron chi connectivity index (χ4n) is 3.39. The first-order valence-electron chi connectivity index (χ1n) is 8.62. The van der Waals surface area contributed by atoms with E-state index in [0.717, 1.165) is 43.3 Å². The van der Waals surface area contributed by atoms with Crippen LogP contribution in [0.25, 0.3) is 10.9 Å². The average Bonchev–Trinajstić information content (AvgIpc) is 2.59. The van der Waals surface area contributed by atoms with Gasteiger partial charge in [0.2, 0.25) is 10.0 Å². The van der Waals surface area contributed by atoms with E-state index in [4.69, 9.17) is 0 Å². The molecular weight excluding hydrogens is 358 g/mol. The number of pyridine rings is 1. The van der Waals surface area contributed by atoms with E-state index in [-0.39, 0.29) is 18.4 Å². The van der Waals surface area contributed by atoms with Crippen LogP contribution in [0.3, 0.4) is 0 Å².